The van der Waals surface area contributed by atoms with Crippen molar-refractivity contribution in [1.29, 1.82) is 0 Å². The Kier molecular flexibility index (Phi) is 60.2. The Morgan fingerprint density at radius 1 is 0.722 bits per heavy atom. The van der Waals surface area contributed by atoms with E-state index in [0.29, 0.717) is 0 Å². The summed E-state index contributed by atoms with van der Waals surface area (Å²) < 4.78 is 0. The van der Waals surface area contributed by atoms with Crippen LogP contribution in [0.25, 0.3) is 0 Å². The third kappa shape index (κ3) is 29000. The molecule has 2 N–H and O–H groups in total. The van der Waals surface area contributed by atoms with Gasteiger partial charge in [-0.05, 0) is 13.8 Å². The number of aliphatic carboxylic acids is 4. The van der Waals surface area contributed by atoms with Crippen molar-refractivity contribution in [2.75, 3.05) is 0 Å². The first kappa shape index (κ1) is 36.1. The number of hydrogen-bond donors (Lipinski definition) is 2. The van der Waals surface area contributed by atoms with Crippen LogP contribution in [0.15, 0.2) is 0 Å². The predicted molar refractivity (Wildman–Crippen MR) is 53.7 cm³/mol. The number of carboxylic acid groups (broad SMARTS) is 4. The second-order valence-electron chi connectivity index (χ2n) is 2.02. The molecule has 0 aliphatic heterocycles. The van der Waals surface area contributed by atoms with Gasteiger partial charge in [0.1, 0.15) is 0 Å². The van der Waals surface area contributed by atoms with E-state index in [1.54, 1.807) is 0 Å². The zero-order valence-corrected chi connectivity index (χ0v) is 13.7. The Labute approximate surface area is 145 Å². The first-order valence-electron chi connectivity index (χ1n) is 3.67. The molecule has 104 valence electrons. The molecule has 0 aliphatic rings. The molecule has 0 atom stereocenters. The fourth-order valence-electron chi connectivity index (χ4n) is 0. The molecule has 10 heteroatoms. The van der Waals surface area contributed by atoms with Gasteiger partial charge in [-0.15, -0.1) is 0 Å². The quantitative estimate of drug-likeness (QED) is 0.454. The molecule has 18 heavy (non-hydrogen) atoms. The van der Waals surface area contributed by atoms with Crippen molar-refractivity contribution in [3.05, 3.63) is 0 Å². The van der Waals surface area contributed by atoms with Crippen LogP contribution in [0.3, 0.4) is 0 Å². The van der Waals surface area contributed by atoms with Gasteiger partial charge in [-0.25, -0.2) is 0 Å². The van der Waals surface area contributed by atoms with Crippen molar-refractivity contribution in [2.24, 2.45) is 0 Å². The minimum atomic E-state index is -1.08. The number of carboxylic acids is 4. The summed E-state index contributed by atoms with van der Waals surface area (Å²) >= 11 is 0. The number of rotatable bonds is 0. The molecule has 0 saturated carbocycles. The molecular formula is C8H14CaFeO8. The zero-order valence-electron chi connectivity index (χ0n) is 10.4. The molecule has 0 bridgehead atoms. The van der Waals surface area contributed by atoms with E-state index in [4.69, 9.17) is 39.6 Å². The van der Waals surface area contributed by atoms with E-state index in [-0.39, 0.29) is 54.8 Å². The van der Waals surface area contributed by atoms with Gasteiger partial charge in [-0.3, -0.25) is 9.59 Å². The molecule has 0 unspecified atom stereocenters. The number of hydrogen-bond acceptors (Lipinski definition) is 6. The summed E-state index contributed by atoms with van der Waals surface area (Å²) in [5.41, 5.74) is 0. The van der Waals surface area contributed by atoms with Crippen LogP contribution in [0.4, 0.5) is 0 Å². The van der Waals surface area contributed by atoms with Gasteiger partial charge in [-0.2, -0.15) is 0 Å². The third-order valence-corrected chi connectivity index (χ3v) is 0. The normalized spacial score (nSPS) is 5.56. The molecule has 0 radical (unpaired) electrons. The average Bonchev–Trinajstić information content (AvgIpc) is 1.76. The van der Waals surface area contributed by atoms with E-state index in [1.807, 2.05) is 0 Å². The smallest absolute Gasteiger partial charge is 0.550 e. The molecule has 0 amide bonds. The van der Waals surface area contributed by atoms with Crippen LogP contribution in [0, 0.1) is 0 Å². The van der Waals surface area contributed by atoms with E-state index in [0.717, 1.165) is 27.7 Å². The standard InChI is InChI=1S/4C2H4O2.Ca.Fe/c4*1-2(3)4;;/h4*1H3,(H,3,4);;/q;;;;+2;/p-2. The summed E-state index contributed by atoms with van der Waals surface area (Å²) in [6, 6.07) is 0. The minimum Gasteiger partial charge on any atom is -0.550 e. The largest absolute Gasteiger partial charge is 2.00 e. The molecule has 0 aromatic heterocycles. The van der Waals surface area contributed by atoms with Crippen LogP contribution >= 0.6 is 0 Å². The van der Waals surface area contributed by atoms with Crippen molar-refractivity contribution in [1.82, 2.24) is 0 Å². The minimum absolute atomic E-state index is 0. The Morgan fingerprint density at radius 3 is 0.722 bits per heavy atom. The molecule has 0 rings (SSSR count). The van der Waals surface area contributed by atoms with Crippen LogP contribution in [0.2, 0.25) is 0 Å². The molecule has 0 fully saturated rings. The first-order valence-corrected chi connectivity index (χ1v) is 3.67. The van der Waals surface area contributed by atoms with Crippen molar-refractivity contribution in [3.8, 4) is 0 Å². The summed E-state index contributed by atoms with van der Waals surface area (Å²) in [6.07, 6.45) is 0. The first-order chi connectivity index (χ1) is 6.93. The van der Waals surface area contributed by atoms with Crippen molar-refractivity contribution < 1.29 is 56.7 Å². The molecule has 8 nitrogen and oxygen atoms in total. The average molecular weight is 334 g/mol. The summed E-state index contributed by atoms with van der Waals surface area (Å²) in [4.78, 5) is 35.8. The van der Waals surface area contributed by atoms with Crippen molar-refractivity contribution in [3.63, 3.8) is 0 Å². The van der Waals surface area contributed by atoms with Crippen molar-refractivity contribution >= 4 is 61.6 Å². The van der Waals surface area contributed by atoms with E-state index in [1.165, 1.54) is 0 Å². The van der Waals surface area contributed by atoms with Gasteiger partial charge in [0, 0.05) is 42.9 Å². The monoisotopic (exact) mass is 334 g/mol. The topological polar surface area (TPSA) is 155 Å². The summed E-state index contributed by atoms with van der Waals surface area (Å²) in [5, 5.41) is 32.6. The van der Waals surface area contributed by atoms with Crippen LogP contribution in [-0.2, 0) is 36.2 Å². The maximum atomic E-state index is 9.00. The molecular weight excluding hydrogens is 320 g/mol. The van der Waals surface area contributed by atoms with Gasteiger partial charge in [0.15, 0.2) is 0 Å². The SMILES string of the molecule is CC(=O)O.CC(=O)O.CC(=O)[O-].CC(=O)[O-].[Ca+2].[Fe]. The van der Waals surface area contributed by atoms with Gasteiger partial charge in [0.05, 0.1) is 0 Å². The summed E-state index contributed by atoms with van der Waals surface area (Å²) in [5.74, 6) is -3.83. The second-order valence-corrected chi connectivity index (χ2v) is 2.02. The van der Waals surface area contributed by atoms with Crippen LogP contribution < -0.4 is 10.2 Å². The summed E-state index contributed by atoms with van der Waals surface area (Å²) in [7, 11) is 0. The van der Waals surface area contributed by atoms with Gasteiger partial charge < -0.3 is 30.0 Å². The Hall–Kier alpha value is -0.341. The molecule has 0 saturated heterocycles. The van der Waals surface area contributed by atoms with Crippen LogP contribution in [0.5, 0.6) is 0 Å². The molecule has 0 aromatic rings. The molecule has 0 spiro atoms. The molecule has 0 aliphatic carbocycles. The third-order valence-electron chi connectivity index (χ3n) is 0. The molecule has 0 heterocycles. The Bertz CT molecular complexity index is 167. The van der Waals surface area contributed by atoms with Gasteiger partial charge >= 0.3 is 37.7 Å². The fourth-order valence-corrected chi connectivity index (χ4v) is 0. The fraction of sp³-hybridized carbons (Fsp3) is 0.500. The van der Waals surface area contributed by atoms with E-state index < -0.39 is 23.9 Å². The van der Waals surface area contributed by atoms with E-state index in [9.17, 15) is 0 Å². The van der Waals surface area contributed by atoms with E-state index >= 15 is 0 Å². The molecule has 0 aromatic carbocycles. The zero-order chi connectivity index (χ0) is 14.3. The van der Waals surface area contributed by atoms with Gasteiger partial charge in [0.25, 0.3) is 11.9 Å². The second kappa shape index (κ2) is 30.1. The number of carbonyl (C=O) groups is 4. The maximum absolute atomic E-state index is 9.00. The summed E-state index contributed by atoms with van der Waals surface area (Å²) in [6.45, 7) is 4.11. The number of carbonyl (C=O) groups excluding carboxylic acids is 2. The van der Waals surface area contributed by atoms with Gasteiger partial charge in [0.2, 0.25) is 0 Å². The predicted octanol–water partition coefficient (Wildman–Crippen LogP) is -2.69. The Morgan fingerprint density at radius 2 is 0.722 bits per heavy atom. The van der Waals surface area contributed by atoms with E-state index in [2.05, 4.69) is 0 Å². The van der Waals surface area contributed by atoms with Crippen LogP contribution in [-0.4, -0.2) is 71.8 Å². The maximum Gasteiger partial charge on any atom is 2.00 e. The van der Waals surface area contributed by atoms with Gasteiger partial charge in [-0.1, -0.05) is 0 Å². The van der Waals surface area contributed by atoms with Crippen LogP contribution in [0.1, 0.15) is 27.7 Å². The Balaban J connectivity index is -0.0000000257. The van der Waals surface area contributed by atoms with Crippen molar-refractivity contribution in [2.45, 2.75) is 27.7 Å².